The molecule has 142 valence electrons. The van der Waals surface area contributed by atoms with Gasteiger partial charge in [0.15, 0.2) is 0 Å². The molecule has 1 unspecified atom stereocenters. The fourth-order valence-corrected chi connectivity index (χ4v) is 2.82. The van der Waals surface area contributed by atoms with E-state index in [0.717, 1.165) is 17.6 Å². The van der Waals surface area contributed by atoms with Crippen LogP contribution in [0.1, 0.15) is 22.7 Å². The first kappa shape index (κ1) is 19.3. The minimum Gasteiger partial charge on any atom is -0.466 e. The van der Waals surface area contributed by atoms with Crippen molar-refractivity contribution in [1.82, 2.24) is 4.90 Å². The molecule has 0 N–H and O–H groups in total. The molecule has 2 aromatic rings. The molecule has 0 bridgehead atoms. The smallest absolute Gasteiger partial charge is 0.431 e. The highest BCUT2D eigenvalue weighted by atomic mass is 19.4. The number of carbonyl (C=O) groups excluding carboxylic acids is 1. The van der Waals surface area contributed by atoms with Crippen molar-refractivity contribution in [2.45, 2.75) is 12.2 Å². The van der Waals surface area contributed by atoms with Gasteiger partial charge in [-0.15, -0.1) is 0 Å². The van der Waals surface area contributed by atoms with Crippen molar-refractivity contribution in [2.24, 2.45) is 0 Å². The van der Waals surface area contributed by atoms with Gasteiger partial charge in [-0.1, -0.05) is 54.3 Å². The number of methoxy groups -OCH3 is 1. The van der Waals surface area contributed by atoms with Crippen molar-refractivity contribution in [3.05, 3.63) is 89.3 Å². The predicted molar refractivity (Wildman–Crippen MR) is 99.5 cm³/mol. The molecular weight excluding hydrogens is 367 g/mol. The Morgan fingerprint density at radius 1 is 1.11 bits per heavy atom. The number of rotatable bonds is 2. The van der Waals surface area contributed by atoms with Gasteiger partial charge in [0, 0.05) is 11.8 Å². The lowest BCUT2D eigenvalue weighted by Gasteiger charge is -2.34. The molecule has 0 amide bonds. The zero-order valence-corrected chi connectivity index (χ0v) is 14.9. The summed E-state index contributed by atoms with van der Waals surface area (Å²) in [5, 5.41) is 0. The topological polar surface area (TPSA) is 29.5 Å². The first-order valence-corrected chi connectivity index (χ1v) is 8.39. The number of fused-ring (bicyclic) bond motifs is 1. The summed E-state index contributed by atoms with van der Waals surface area (Å²) in [6, 6.07) is 15.1. The summed E-state index contributed by atoms with van der Waals surface area (Å²) in [6.07, 6.45) is -1.48. The maximum Gasteiger partial charge on any atom is 0.431 e. The molecule has 0 saturated heterocycles. The number of nitrogens with zero attached hydrogens (tertiary/aromatic N) is 1. The van der Waals surface area contributed by atoms with E-state index in [1.165, 1.54) is 6.20 Å². The normalized spacial score (nSPS) is 16.1. The molecular formula is C22H16F3NO2. The van der Waals surface area contributed by atoms with Crippen molar-refractivity contribution < 1.29 is 22.7 Å². The van der Waals surface area contributed by atoms with Crippen molar-refractivity contribution in [1.29, 1.82) is 0 Å². The van der Waals surface area contributed by atoms with Crippen molar-refractivity contribution >= 4 is 12.0 Å². The Bertz CT molecular complexity index is 982. The molecule has 1 atom stereocenters. The molecule has 1 heterocycles. The second-order valence-electron chi connectivity index (χ2n) is 5.94. The Morgan fingerprint density at radius 2 is 1.79 bits per heavy atom. The highest BCUT2D eigenvalue weighted by molar-refractivity contribution is 5.83. The van der Waals surface area contributed by atoms with E-state index in [-0.39, 0.29) is 0 Å². The van der Waals surface area contributed by atoms with E-state index in [4.69, 9.17) is 0 Å². The molecule has 1 aliphatic rings. The van der Waals surface area contributed by atoms with Crippen molar-refractivity contribution in [3.63, 3.8) is 0 Å². The first-order valence-electron chi connectivity index (χ1n) is 8.39. The van der Waals surface area contributed by atoms with Crippen LogP contribution < -0.4 is 0 Å². The minimum absolute atomic E-state index is 0.440. The maximum absolute atomic E-state index is 13.7. The van der Waals surface area contributed by atoms with Crippen LogP contribution in [-0.4, -0.2) is 24.2 Å². The van der Waals surface area contributed by atoms with E-state index >= 15 is 0 Å². The van der Waals surface area contributed by atoms with Crippen molar-refractivity contribution in [3.8, 4) is 11.8 Å². The number of alkyl halides is 3. The van der Waals surface area contributed by atoms with Gasteiger partial charge in [-0.25, -0.2) is 4.79 Å². The van der Waals surface area contributed by atoms with E-state index in [9.17, 15) is 18.0 Å². The fraction of sp³-hybridized carbons (Fsp3) is 0.136. The van der Waals surface area contributed by atoms with Gasteiger partial charge in [-0.05, 0) is 29.3 Å². The second kappa shape index (κ2) is 8.05. The minimum atomic E-state index is -4.77. The Hall–Kier alpha value is -3.46. The highest BCUT2D eigenvalue weighted by Gasteiger charge is 2.41. The Balaban J connectivity index is 2.12. The Morgan fingerprint density at radius 3 is 2.46 bits per heavy atom. The Kier molecular flexibility index (Phi) is 5.55. The van der Waals surface area contributed by atoms with Gasteiger partial charge in [-0.2, -0.15) is 13.2 Å². The lowest BCUT2D eigenvalue weighted by atomic mass is 9.95. The van der Waals surface area contributed by atoms with Crippen LogP contribution in [0.5, 0.6) is 0 Å². The van der Waals surface area contributed by atoms with Crippen LogP contribution in [-0.2, 0) is 9.53 Å². The average Bonchev–Trinajstić information content (AvgIpc) is 2.70. The van der Waals surface area contributed by atoms with Gasteiger partial charge in [0.2, 0.25) is 0 Å². The highest BCUT2D eigenvalue weighted by Crippen LogP contribution is 2.38. The van der Waals surface area contributed by atoms with Crippen LogP contribution in [0.15, 0.2) is 72.6 Å². The van der Waals surface area contributed by atoms with Crippen LogP contribution in [0, 0.1) is 11.8 Å². The largest absolute Gasteiger partial charge is 0.466 e. The number of ether oxygens (including phenoxy) is 1. The number of halogens is 3. The monoisotopic (exact) mass is 383 g/mol. The molecule has 0 aromatic heterocycles. The number of carbonyl (C=O) groups is 1. The zero-order valence-electron chi connectivity index (χ0n) is 14.9. The second-order valence-corrected chi connectivity index (χ2v) is 5.94. The number of benzene rings is 2. The molecule has 0 fully saturated rings. The predicted octanol–water partition coefficient (Wildman–Crippen LogP) is 4.68. The quantitative estimate of drug-likeness (QED) is 0.428. The van der Waals surface area contributed by atoms with E-state index in [0.29, 0.717) is 17.2 Å². The van der Waals surface area contributed by atoms with Crippen LogP contribution >= 0.6 is 0 Å². The third-order valence-electron chi connectivity index (χ3n) is 4.13. The number of allylic oxidation sites excluding steroid dienone is 1. The summed E-state index contributed by atoms with van der Waals surface area (Å²) in [4.78, 5) is 12.5. The summed E-state index contributed by atoms with van der Waals surface area (Å²) in [5.41, 5.74) is 0.927. The van der Waals surface area contributed by atoms with Gasteiger partial charge >= 0.3 is 12.1 Å². The lowest BCUT2D eigenvalue weighted by molar-refractivity contribution is -0.137. The molecule has 0 radical (unpaired) electrons. The van der Waals surface area contributed by atoms with Crippen LogP contribution in [0.2, 0.25) is 0 Å². The molecule has 3 nitrogen and oxygen atoms in total. The van der Waals surface area contributed by atoms with Crippen LogP contribution in [0.3, 0.4) is 0 Å². The maximum atomic E-state index is 13.7. The fourth-order valence-electron chi connectivity index (χ4n) is 2.82. The summed E-state index contributed by atoms with van der Waals surface area (Å²) in [5.74, 6) is 4.75. The van der Waals surface area contributed by atoms with E-state index < -0.39 is 23.9 Å². The van der Waals surface area contributed by atoms with Crippen LogP contribution in [0.25, 0.3) is 6.08 Å². The van der Waals surface area contributed by atoms with E-state index in [1.807, 2.05) is 6.07 Å². The number of esters is 1. The van der Waals surface area contributed by atoms with Crippen LogP contribution in [0.4, 0.5) is 13.2 Å². The van der Waals surface area contributed by atoms with Gasteiger partial charge in [-0.3, -0.25) is 0 Å². The molecule has 1 aliphatic heterocycles. The Labute approximate surface area is 160 Å². The van der Waals surface area contributed by atoms with Gasteiger partial charge in [0.25, 0.3) is 0 Å². The molecule has 0 aliphatic carbocycles. The third kappa shape index (κ3) is 4.26. The molecule has 2 aromatic carbocycles. The number of hydrogen-bond donors (Lipinski definition) is 0. The average molecular weight is 383 g/mol. The van der Waals surface area contributed by atoms with Gasteiger partial charge in [0.1, 0.15) is 11.7 Å². The standard InChI is InChI=1S/C22H16F3NO2/c1-28-21(27)15-20(22(23,24)25)26-14-13-17-9-5-6-10-18(17)19(26)12-11-16-7-3-2-4-8-16/h2-10,13-15,19H,1H3. The van der Waals surface area contributed by atoms with E-state index in [2.05, 4.69) is 16.6 Å². The molecule has 3 rings (SSSR count). The van der Waals surface area contributed by atoms with Gasteiger partial charge < -0.3 is 9.64 Å². The van der Waals surface area contributed by atoms with Gasteiger partial charge in [0.05, 0.1) is 13.2 Å². The summed E-state index contributed by atoms with van der Waals surface area (Å²) < 4.78 is 45.5. The summed E-state index contributed by atoms with van der Waals surface area (Å²) in [7, 11) is 1.03. The van der Waals surface area contributed by atoms with E-state index in [1.54, 1.807) is 54.6 Å². The summed E-state index contributed by atoms with van der Waals surface area (Å²) >= 11 is 0. The zero-order chi connectivity index (χ0) is 20.1. The molecule has 6 heteroatoms. The first-order chi connectivity index (χ1) is 13.4. The van der Waals surface area contributed by atoms with Crippen molar-refractivity contribution in [2.75, 3.05) is 7.11 Å². The molecule has 28 heavy (non-hydrogen) atoms. The number of hydrogen-bond acceptors (Lipinski definition) is 3. The lowest BCUT2D eigenvalue weighted by Crippen LogP contribution is -2.33. The molecule has 0 spiro atoms. The SMILES string of the molecule is COC(=O)C=C(N1C=Cc2ccccc2C1C#Cc1ccccc1)C(F)(F)F. The summed E-state index contributed by atoms with van der Waals surface area (Å²) in [6.45, 7) is 0. The third-order valence-corrected chi connectivity index (χ3v) is 4.13. The molecule has 0 saturated carbocycles.